The quantitative estimate of drug-likeness (QED) is 0.812. The summed E-state index contributed by atoms with van der Waals surface area (Å²) < 4.78 is 6.00. The highest BCUT2D eigenvalue weighted by atomic mass is 32.2. The van der Waals surface area contributed by atoms with Crippen molar-refractivity contribution < 1.29 is 9.21 Å². The number of hydrogen-bond donors (Lipinski definition) is 2. The van der Waals surface area contributed by atoms with Gasteiger partial charge in [0.2, 0.25) is 0 Å². The third kappa shape index (κ3) is 4.09. The molecule has 0 unspecified atom stereocenters. The molecule has 1 amide bonds. The van der Waals surface area contributed by atoms with E-state index in [1.807, 2.05) is 30.0 Å². The van der Waals surface area contributed by atoms with E-state index in [-0.39, 0.29) is 11.9 Å². The highest BCUT2D eigenvalue weighted by Crippen LogP contribution is 2.35. The fourth-order valence-electron chi connectivity index (χ4n) is 4.08. The predicted octanol–water partition coefficient (Wildman–Crippen LogP) is 4.48. The van der Waals surface area contributed by atoms with Crippen molar-refractivity contribution in [3.8, 4) is 0 Å². The topological polar surface area (TPSA) is 54.3 Å². The molecule has 0 spiro atoms. The molecule has 1 aliphatic heterocycles. The average molecular weight is 373 g/mol. The summed E-state index contributed by atoms with van der Waals surface area (Å²) in [5, 5.41) is 8.34. The van der Waals surface area contributed by atoms with Gasteiger partial charge >= 0.3 is 0 Å². The zero-order chi connectivity index (χ0) is 17.8. The van der Waals surface area contributed by atoms with Crippen LogP contribution in [-0.2, 0) is 5.75 Å². The first-order valence-corrected chi connectivity index (χ1v) is 11.0. The van der Waals surface area contributed by atoms with Crippen molar-refractivity contribution in [2.45, 2.75) is 62.0 Å². The minimum absolute atomic E-state index is 0.0488. The van der Waals surface area contributed by atoms with E-state index in [2.05, 4.69) is 16.7 Å². The van der Waals surface area contributed by atoms with Crippen molar-refractivity contribution in [2.24, 2.45) is 0 Å². The molecule has 1 aliphatic carbocycles. The molecule has 26 heavy (non-hydrogen) atoms. The lowest BCUT2D eigenvalue weighted by Crippen LogP contribution is -2.42. The number of thioether (sulfide) groups is 1. The summed E-state index contributed by atoms with van der Waals surface area (Å²) in [7, 11) is 0. The minimum atomic E-state index is -0.0488. The van der Waals surface area contributed by atoms with Gasteiger partial charge in [0.05, 0.1) is 0 Å². The van der Waals surface area contributed by atoms with Crippen LogP contribution in [0.25, 0.3) is 11.0 Å². The van der Waals surface area contributed by atoms with Gasteiger partial charge in [-0.15, -0.1) is 0 Å². The second-order valence-corrected chi connectivity index (χ2v) is 8.76. The van der Waals surface area contributed by atoms with E-state index in [4.69, 9.17) is 4.42 Å². The largest absolute Gasteiger partial charge is 0.451 e. The molecule has 2 fully saturated rings. The first-order chi connectivity index (χ1) is 12.8. The van der Waals surface area contributed by atoms with Crippen LogP contribution < -0.4 is 10.6 Å². The number of furan rings is 1. The van der Waals surface area contributed by atoms with Crippen molar-refractivity contribution in [1.82, 2.24) is 10.6 Å². The molecule has 4 nitrogen and oxygen atoms in total. The standard InChI is InChI=1S/C21H28N2O2S/c24-21(23-15-10-12-22-13-11-15)20-18(14-26-16-6-2-1-3-7-16)17-8-4-5-9-19(17)25-20/h4-5,8-9,15-16,22H,1-3,6-7,10-14H2,(H,23,24). The van der Waals surface area contributed by atoms with Crippen LogP contribution in [0.4, 0.5) is 0 Å². The van der Waals surface area contributed by atoms with Gasteiger partial charge in [0.25, 0.3) is 5.91 Å². The number of hydrogen-bond acceptors (Lipinski definition) is 4. The smallest absolute Gasteiger partial charge is 0.287 e. The first kappa shape index (κ1) is 17.9. The molecule has 2 aliphatic rings. The number of piperidine rings is 1. The maximum Gasteiger partial charge on any atom is 0.287 e. The molecular weight excluding hydrogens is 344 g/mol. The van der Waals surface area contributed by atoms with Gasteiger partial charge in [-0.1, -0.05) is 37.5 Å². The molecule has 0 bridgehead atoms. The lowest BCUT2D eigenvalue weighted by atomic mass is 10.0. The number of fused-ring (bicyclic) bond motifs is 1. The molecule has 2 heterocycles. The summed E-state index contributed by atoms with van der Waals surface area (Å²) in [5.41, 5.74) is 1.89. The second-order valence-electron chi connectivity index (χ2n) is 7.47. The molecule has 1 aromatic carbocycles. The average Bonchev–Trinajstić information content (AvgIpc) is 3.07. The van der Waals surface area contributed by atoms with E-state index < -0.39 is 0 Å². The van der Waals surface area contributed by atoms with Crippen LogP contribution in [0.1, 0.15) is 61.1 Å². The Hall–Kier alpha value is -1.46. The van der Waals surface area contributed by atoms with E-state index >= 15 is 0 Å². The van der Waals surface area contributed by atoms with E-state index in [9.17, 15) is 4.79 Å². The Kier molecular flexibility index (Phi) is 5.85. The Labute approximate surface area is 159 Å². The molecule has 140 valence electrons. The number of carbonyl (C=O) groups excluding carboxylic acids is 1. The minimum Gasteiger partial charge on any atom is -0.451 e. The maximum absolute atomic E-state index is 12.9. The number of nitrogens with one attached hydrogen (secondary N) is 2. The number of rotatable bonds is 5. The van der Waals surface area contributed by atoms with Gasteiger partial charge in [0.1, 0.15) is 5.58 Å². The number of amides is 1. The monoisotopic (exact) mass is 372 g/mol. The van der Waals surface area contributed by atoms with Gasteiger partial charge in [-0.3, -0.25) is 4.79 Å². The molecular formula is C21H28N2O2S. The Morgan fingerprint density at radius 3 is 2.69 bits per heavy atom. The molecule has 5 heteroatoms. The van der Waals surface area contributed by atoms with Crippen LogP contribution in [0, 0.1) is 0 Å². The third-order valence-corrected chi connectivity index (χ3v) is 6.99. The fourth-order valence-corrected chi connectivity index (χ4v) is 5.43. The Balaban J connectivity index is 1.53. The highest BCUT2D eigenvalue weighted by Gasteiger charge is 2.24. The summed E-state index contributed by atoms with van der Waals surface area (Å²) in [6.45, 7) is 1.94. The fraction of sp³-hybridized carbons (Fsp3) is 0.571. The molecule has 1 saturated carbocycles. The third-order valence-electron chi connectivity index (χ3n) is 5.59. The molecule has 0 atom stereocenters. The van der Waals surface area contributed by atoms with Crippen molar-refractivity contribution in [2.75, 3.05) is 13.1 Å². The van der Waals surface area contributed by atoms with Gasteiger partial charge in [-0.2, -0.15) is 11.8 Å². The number of carbonyl (C=O) groups is 1. The van der Waals surface area contributed by atoms with Gasteiger partial charge in [0.15, 0.2) is 5.76 Å². The molecule has 2 aromatic rings. The van der Waals surface area contributed by atoms with Crippen LogP contribution in [0.2, 0.25) is 0 Å². The van der Waals surface area contributed by atoms with Crippen LogP contribution >= 0.6 is 11.8 Å². The highest BCUT2D eigenvalue weighted by molar-refractivity contribution is 7.99. The van der Waals surface area contributed by atoms with E-state index in [0.717, 1.165) is 53.5 Å². The SMILES string of the molecule is O=C(NC1CCNCC1)c1oc2ccccc2c1CSC1CCCCC1. The van der Waals surface area contributed by atoms with Crippen molar-refractivity contribution in [1.29, 1.82) is 0 Å². The lowest BCUT2D eigenvalue weighted by molar-refractivity contribution is 0.0902. The summed E-state index contributed by atoms with van der Waals surface area (Å²) in [4.78, 5) is 12.9. The molecule has 1 saturated heterocycles. The van der Waals surface area contributed by atoms with Crippen LogP contribution in [0.5, 0.6) is 0 Å². The second kappa shape index (κ2) is 8.49. The zero-order valence-electron chi connectivity index (χ0n) is 15.3. The molecule has 1 aromatic heterocycles. The lowest BCUT2D eigenvalue weighted by Gasteiger charge is -2.23. The summed E-state index contributed by atoms with van der Waals surface area (Å²) in [5.74, 6) is 1.33. The summed E-state index contributed by atoms with van der Waals surface area (Å²) in [6.07, 6.45) is 8.62. The number of para-hydroxylation sites is 1. The first-order valence-electron chi connectivity index (χ1n) is 9.95. The molecule has 2 N–H and O–H groups in total. The van der Waals surface area contributed by atoms with Gasteiger partial charge in [0, 0.05) is 28.0 Å². The predicted molar refractivity (Wildman–Crippen MR) is 108 cm³/mol. The number of benzene rings is 1. The van der Waals surface area contributed by atoms with Crippen molar-refractivity contribution in [3.05, 3.63) is 35.6 Å². The Morgan fingerprint density at radius 1 is 1.12 bits per heavy atom. The van der Waals surface area contributed by atoms with E-state index in [0.29, 0.717) is 5.76 Å². The molecule has 4 rings (SSSR count). The van der Waals surface area contributed by atoms with Crippen LogP contribution in [0.15, 0.2) is 28.7 Å². The summed E-state index contributed by atoms with van der Waals surface area (Å²) in [6, 6.07) is 8.29. The van der Waals surface area contributed by atoms with Gasteiger partial charge in [-0.05, 0) is 44.8 Å². The Bertz CT molecular complexity index is 746. The van der Waals surface area contributed by atoms with E-state index in [1.165, 1.54) is 32.1 Å². The van der Waals surface area contributed by atoms with Crippen LogP contribution in [0.3, 0.4) is 0 Å². The van der Waals surface area contributed by atoms with Crippen molar-refractivity contribution >= 4 is 28.6 Å². The van der Waals surface area contributed by atoms with Gasteiger partial charge in [-0.25, -0.2) is 0 Å². The molecule has 0 radical (unpaired) electrons. The van der Waals surface area contributed by atoms with Gasteiger partial charge < -0.3 is 15.1 Å². The zero-order valence-corrected chi connectivity index (χ0v) is 16.1. The van der Waals surface area contributed by atoms with Crippen LogP contribution in [-0.4, -0.2) is 30.3 Å². The normalized spacial score (nSPS) is 19.7. The van der Waals surface area contributed by atoms with Crippen molar-refractivity contribution in [3.63, 3.8) is 0 Å². The maximum atomic E-state index is 12.9. The Morgan fingerprint density at radius 2 is 1.88 bits per heavy atom. The van der Waals surface area contributed by atoms with E-state index in [1.54, 1.807) is 0 Å². The summed E-state index contributed by atoms with van der Waals surface area (Å²) >= 11 is 2.00.